The second-order valence-electron chi connectivity index (χ2n) is 7.16. The Bertz CT molecular complexity index is 483. The first kappa shape index (κ1) is 16.4. The van der Waals surface area contributed by atoms with Gasteiger partial charge in [0.25, 0.3) is 0 Å². The highest BCUT2D eigenvalue weighted by atomic mass is 32.1. The molecule has 0 aromatic heterocycles. The molecule has 1 saturated heterocycles. The monoisotopic (exact) mass is 306 g/mol. The molecule has 0 radical (unpaired) electrons. The molecule has 21 heavy (non-hydrogen) atoms. The van der Waals surface area contributed by atoms with Gasteiger partial charge in [-0.2, -0.15) is 0 Å². The largest absolute Gasteiger partial charge is 0.393 e. The number of benzene rings is 1. The minimum absolute atomic E-state index is 0.0888. The lowest BCUT2D eigenvalue weighted by Gasteiger charge is -2.48. The summed E-state index contributed by atoms with van der Waals surface area (Å²) in [5.74, 6) is 0.0888. The van der Waals surface area contributed by atoms with Crippen molar-refractivity contribution < 1.29 is 4.74 Å². The van der Waals surface area contributed by atoms with Crippen molar-refractivity contribution in [1.82, 2.24) is 4.90 Å². The number of morpholine rings is 1. The van der Waals surface area contributed by atoms with Crippen molar-refractivity contribution in [3.8, 4) is 0 Å². The van der Waals surface area contributed by atoms with Crippen LogP contribution in [-0.4, -0.2) is 40.7 Å². The molecule has 0 aliphatic carbocycles. The lowest BCUT2D eigenvalue weighted by atomic mass is 9.94. The lowest BCUT2D eigenvalue weighted by molar-refractivity contribution is -0.180. The van der Waals surface area contributed by atoms with Crippen molar-refractivity contribution in [3.63, 3.8) is 0 Å². The van der Waals surface area contributed by atoms with Crippen LogP contribution in [0.3, 0.4) is 0 Å². The van der Waals surface area contributed by atoms with Crippen LogP contribution in [0.5, 0.6) is 0 Å². The van der Waals surface area contributed by atoms with Crippen molar-refractivity contribution >= 4 is 17.2 Å². The summed E-state index contributed by atoms with van der Waals surface area (Å²) in [6.07, 6.45) is 0. The van der Waals surface area contributed by atoms with Gasteiger partial charge in [-0.05, 0) is 33.3 Å². The van der Waals surface area contributed by atoms with Gasteiger partial charge in [0, 0.05) is 25.6 Å². The molecular formula is C17H26N2OS. The van der Waals surface area contributed by atoms with Crippen molar-refractivity contribution in [2.45, 2.75) is 44.8 Å². The van der Waals surface area contributed by atoms with Gasteiger partial charge in [-0.3, -0.25) is 4.90 Å². The average molecular weight is 306 g/mol. The Kier molecular flexibility index (Phi) is 4.71. The Balaban J connectivity index is 2.16. The van der Waals surface area contributed by atoms with Gasteiger partial charge in [0.1, 0.15) is 0 Å². The quantitative estimate of drug-likeness (QED) is 0.868. The molecule has 1 atom stereocenters. The summed E-state index contributed by atoms with van der Waals surface area (Å²) in [6, 6.07) is 10.3. The zero-order valence-electron chi connectivity index (χ0n) is 13.4. The number of nitrogens with zero attached hydrogens (tertiary/aromatic N) is 1. The molecule has 0 spiro atoms. The van der Waals surface area contributed by atoms with Crippen molar-refractivity contribution in [3.05, 3.63) is 35.9 Å². The van der Waals surface area contributed by atoms with E-state index in [1.54, 1.807) is 0 Å². The van der Waals surface area contributed by atoms with Gasteiger partial charge < -0.3 is 10.5 Å². The number of rotatable bonds is 4. The van der Waals surface area contributed by atoms with Crippen molar-refractivity contribution in [2.24, 2.45) is 5.73 Å². The second kappa shape index (κ2) is 6.03. The van der Waals surface area contributed by atoms with E-state index in [-0.39, 0.29) is 17.1 Å². The molecule has 2 rings (SSSR count). The third-order valence-corrected chi connectivity index (χ3v) is 4.03. The van der Waals surface area contributed by atoms with Gasteiger partial charge in [0.2, 0.25) is 0 Å². The lowest BCUT2D eigenvalue weighted by Crippen LogP contribution is -2.58. The highest BCUT2D eigenvalue weighted by Crippen LogP contribution is 2.29. The molecule has 1 aromatic rings. The molecule has 116 valence electrons. The van der Waals surface area contributed by atoms with Crippen LogP contribution in [0, 0.1) is 0 Å². The topological polar surface area (TPSA) is 38.5 Å². The SMILES string of the molecule is CC1(C)CN(CC(C(N)=S)c2ccccc2)CC(C)(C)O1. The number of thiocarbonyl (C=S) groups is 1. The number of hydrogen-bond acceptors (Lipinski definition) is 3. The predicted molar refractivity (Wildman–Crippen MR) is 91.7 cm³/mol. The van der Waals surface area contributed by atoms with Crippen LogP contribution in [0.4, 0.5) is 0 Å². The molecule has 1 aromatic carbocycles. The molecule has 0 amide bonds. The standard InChI is InChI=1S/C17H26N2OS/c1-16(2)11-19(12-17(3,4)20-16)10-14(15(18)21)13-8-6-5-7-9-13/h5-9,14H,10-12H2,1-4H3,(H2,18,21). The van der Waals surface area contributed by atoms with E-state index >= 15 is 0 Å². The van der Waals surface area contributed by atoms with E-state index in [9.17, 15) is 0 Å². The van der Waals surface area contributed by atoms with Crippen LogP contribution in [0.1, 0.15) is 39.2 Å². The molecule has 1 aliphatic rings. The van der Waals surface area contributed by atoms with Crippen LogP contribution in [0.25, 0.3) is 0 Å². The molecule has 4 heteroatoms. The summed E-state index contributed by atoms with van der Waals surface area (Å²) < 4.78 is 6.13. The van der Waals surface area contributed by atoms with E-state index < -0.39 is 0 Å². The number of ether oxygens (including phenoxy) is 1. The minimum atomic E-state index is -0.154. The summed E-state index contributed by atoms with van der Waals surface area (Å²) in [5, 5.41) is 0. The summed E-state index contributed by atoms with van der Waals surface area (Å²) in [6.45, 7) is 11.2. The molecule has 3 nitrogen and oxygen atoms in total. The zero-order chi connectivity index (χ0) is 15.7. The van der Waals surface area contributed by atoms with E-state index in [2.05, 4.69) is 44.7 Å². The Labute approximate surface area is 133 Å². The normalized spacial score (nSPS) is 22.7. The first-order valence-corrected chi connectivity index (χ1v) is 7.86. The Morgan fingerprint density at radius 2 is 1.71 bits per heavy atom. The Hall–Kier alpha value is -0.970. The van der Waals surface area contributed by atoms with E-state index in [4.69, 9.17) is 22.7 Å². The van der Waals surface area contributed by atoms with Crippen LogP contribution in [0.2, 0.25) is 0 Å². The fourth-order valence-electron chi connectivity index (χ4n) is 3.38. The molecule has 1 unspecified atom stereocenters. The Morgan fingerprint density at radius 1 is 1.19 bits per heavy atom. The highest BCUT2D eigenvalue weighted by molar-refractivity contribution is 7.80. The van der Waals surface area contributed by atoms with E-state index in [1.165, 1.54) is 5.56 Å². The van der Waals surface area contributed by atoms with Gasteiger partial charge in [-0.1, -0.05) is 42.5 Å². The fraction of sp³-hybridized carbons (Fsp3) is 0.588. The molecule has 1 heterocycles. The van der Waals surface area contributed by atoms with E-state index in [1.807, 2.05) is 18.2 Å². The minimum Gasteiger partial charge on any atom is -0.393 e. The van der Waals surface area contributed by atoms with Crippen molar-refractivity contribution in [2.75, 3.05) is 19.6 Å². The second-order valence-corrected chi connectivity index (χ2v) is 7.63. The first-order valence-electron chi connectivity index (χ1n) is 7.45. The van der Waals surface area contributed by atoms with Crippen LogP contribution < -0.4 is 5.73 Å². The number of nitrogens with two attached hydrogens (primary N) is 1. The average Bonchev–Trinajstić information content (AvgIpc) is 2.33. The van der Waals surface area contributed by atoms with E-state index in [0.29, 0.717) is 4.99 Å². The van der Waals surface area contributed by atoms with Gasteiger partial charge in [-0.25, -0.2) is 0 Å². The third kappa shape index (κ3) is 4.50. The predicted octanol–water partition coefficient (Wildman–Crippen LogP) is 2.95. The zero-order valence-corrected chi connectivity index (χ0v) is 14.2. The van der Waals surface area contributed by atoms with Gasteiger partial charge in [-0.15, -0.1) is 0 Å². The fourth-order valence-corrected chi connectivity index (χ4v) is 3.59. The summed E-state index contributed by atoms with van der Waals surface area (Å²) in [7, 11) is 0. The van der Waals surface area contributed by atoms with Crippen LogP contribution in [0.15, 0.2) is 30.3 Å². The smallest absolute Gasteiger partial charge is 0.0816 e. The molecular weight excluding hydrogens is 280 g/mol. The molecule has 1 aliphatic heterocycles. The molecule has 2 N–H and O–H groups in total. The molecule has 1 fully saturated rings. The highest BCUT2D eigenvalue weighted by Gasteiger charge is 2.38. The molecule has 0 bridgehead atoms. The van der Waals surface area contributed by atoms with Gasteiger partial charge >= 0.3 is 0 Å². The van der Waals surface area contributed by atoms with Gasteiger partial charge in [0.15, 0.2) is 0 Å². The maximum atomic E-state index is 6.13. The van der Waals surface area contributed by atoms with Crippen LogP contribution >= 0.6 is 12.2 Å². The van der Waals surface area contributed by atoms with Crippen LogP contribution in [-0.2, 0) is 4.74 Å². The maximum Gasteiger partial charge on any atom is 0.0816 e. The molecule has 0 saturated carbocycles. The maximum absolute atomic E-state index is 6.13. The summed E-state index contributed by atoms with van der Waals surface area (Å²) >= 11 is 5.30. The first-order chi connectivity index (χ1) is 9.69. The van der Waals surface area contributed by atoms with E-state index in [0.717, 1.165) is 19.6 Å². The van der Waals surface area contributed by atoms with Crippen molar-refractivity contribution in [1.29, 1.82) is 0 Å². The summed E-state index contributed by atoms with van der Waals surface area (Å²) in [5.41, 5.74) is 6.87. The number of hydrogen-bond donors (Lipinski definition) is 1. The summed E-state index contributed by atoms with van der Waals surface area (Å²) in [4.78, 5) is 2.98. The van der Waals surface area contributed by atoms with Gasteiger partial charge in [0.05, 0.1) is 16.2 Å². The Morgan fingerprint density at radius 3 is 2.19 bits per heavy atom. The third-order valence-electron chi connectivity index (χ3n) is 3.75.